The normalized spacial score (nSPS) is 11.6. The fourth-order valence-electron chi connectivity index (χ4n) is 1.97. The number of aromatic nitrogens is 1. The molecule has 0 bridgehead atoms. The van der Waals surface area contributed by atoms with Crippen LogP contribution in [0.1, 0.15) is 24.2 Å². The second kappa shape index (κ2) is 7.12. The lowest BCUT2D eigenvalue weighted by molar-refractivity contribution is -0.671. The number of pyridine rings is 1. The molecule has 0 spiro atoms. The Bertz CT molecular complexity index is 574. The SMILES string of the molecule is CC(O)c1ccc(NCc2ccc[n+](C)c2)cc1O.[Cl-]. The van der Waals surface area contributed by atoms with Crippen molar-refractivity contribution >= 4 is 5.69 Å². The van der Waals surface area contributed by atoms with Crippen LogP contribution in [-0.4, -0.2) is 10.2 Å². The number of aryl methyl sites for hydroxylation is 1. The zero-order valence-corrected chi connectivity index (χ0v) is 12.3. The van der Waals surface area contributed by atoms with Crippen LogP contribution in [0.2, 0.25) is 0 Å². The Kier molecular flexibility index (Phi) is 5.80. The number of anilines is 1. The fraction of sp³-hybridized carbons (Fsp3) is 0.267. The van der Waals surface area contributed by atoms with E-state index in [1.807, 2.05) is 42.2 Å². The Hall–Kier alpha value is -1.78. The summed E-state index contributed by atoms with van der Waals surface area (Å²) >= 11 is 0. The van der Waals surface area contributed by atoms with Crippen molar-refractivity contribution in [1.82, 2.24) is 0 Å². The van der Waals surface area contributed by atoms with Gasteiger partial charge in [-0.05, 0) is 19.1 Å². The molecule has 0 aliphatic rings. The number of hydrogen-bond acceptors (Lipinski definition) is 3. The summed E-state index contributed by atoms with van der Waals surface area (Å²) < 4.78 is 1.99. The summed E-state index contributed by atoms with van der Waals surface area (Å²) in [5.41, 5.74) is 2.52. The van der Waals surface area contributed by atoms with E-state index in [-0.39, 0.29) is 18.2 Å². The lowest BCUT2D eigenvalue weighted by Crippen LogP contribution is -3.00. The molecule has 3 N–H and O–H groups in total. The first-order valence-electron chi connectivity index (χ1n) is 6.25. The van der Waals surface area contributed by atoms with Crippen molar-refractivity contribution in [2.45, 2.75) is 19.6 Å². The first-order valence-corrected chi connectivity index (χ1v) is 6.25. The van der Waals surface area contributed by atoms with Crippen LogP contribution >= 0.6 is 0 Å². The maximum atomic E-state index is 9.80. The van der Waals surface area contributed by atoms with Crippen molar-refractivity contribution in [2.24, 2.45) is 7.05 Å². The highest BCUT2D eigenvalue weighted by molar-refractivity contribution is 5.52. The Balaban J connectivity index is 0.00000200. The first kappa shape index (κ1) is 16.3. The molecular weight excluding hydrogens is 276 g/mol. The van der Waals surface area contributed by atoms with Gasteiger partial charge in [0.1, 0.15) is 12.8 Å². The Morgan fingerprint density at radius 1 is 1.30 bits per heavy atom. The molecule has 2 aromatic rings. The van der Waals surface area contributed by atoms with Crippen LogP contribution in [-0.2, 0) is 13.6 Å². The smallest absolute Gasteiger partial charge is 0.173 e. The average Bonchev–Trinajstić information content (AvgIpc) is 2.36. The maximum Gasteiger partial charge on any atom is 0.173 e. The van der Waals surface area contributed by atoms with Crippen LogP contribution in [0.4, 0.5) is 5.69 Å². The van der Waals surface area contributed by atoms with Crippen molar-refractivity contribution < 1.29 is 27.2 Å². The number of aromatic hydroxyl groups is 1. The Labute approximate surface area is 125 Å². The zero-order chi connectivity index (χ0) is 13.8. The van der Waals surface area contributed by atoms with Gasteiger partial charge >= 0.3 is 0 Å². The molecule has 4 nitrogen and oxygen atoms in total. The molecule has 1 aromatic heterocycles. The summed E-state index contributed by atoms with van der Waals surface area (Å²) in [6, 6.07) is 9.24. The van der Waals surface area contributed by atoms with E-state index in [1.165, 1.54) is 0 Å². The van der Waals surface area contributed by atoms with Gasteiger partial charge in [-0.15, -0.1) is 0 Å². The molecular formula is C15H19ClN2O2. The van der Waals surface area contributed by atoms with Gasteiger partial charge in [-0.1, -0.05) is 6.07 Å². The van der Waals surface area contributed by atoms with E-state index in [2.05, 4.69) is 5.32 Å². The molecule has 5 heteroatoms. The number of halogens is 1. The molecule has 1 unspecified atom stereocenters. The predicted octanol–water partition coefficient (Wildman–Crippen LogP) is -1.11. The quantitative estimate of drug-likeness (QED) is 0.627. The number of nitrogens with zero attached hydrogens (tertiary/aromatic N) is 1. The van der Waals surface area contributed by atoms with Crippen molar-refractivity contribution in [3.63, 3.8) is 0 Å². The summed E-state index contributed by atoms with van der Waals surface area (Å²) in [5.74, 6) is 0.110. The number of nitrogens with one attached hydrogen (secondary N) is 1. The highest BCUT2D eigenvalue weighted by Gasteiger charge is 2.07. The minimum atomic E-state index is -0.665. The lowest BCUT2D eigenvalue weighted by atomic mass is 10.1. The number of benzene rings is 1. The second-order valence-electron chi connectivity index (χ2n) is 4.68. The van der Waals surface area contributed by atoms with Crippen LogP contribution in [0, 0.1) is 0 Å². The molecule has 0 amide bonds. The van der Waals surface area contributed by atoms with Gasteiger partial charge in [-0.25, -0.2) is 4.57 Å². The summed E-state index contributed by atoms with van der Waals surface area (Å²) in [7, 11) is 1.98. The molecule has 0 fully saturated rings. The lowest BCUT2D eigenvalue weighted by Gasteiger charge is -2.11. The van der Waals surface area contributed by atoms with Crippen molar-refractivity contribution in [3.8, 4) is 5.75 Å². The standard InChI is InChI=1S/C15H18N2O2.ClH/c1-11(18)14-6-5-13(8-15(14)19)16-9-12-4-3-7-17(2)10-12;/h3-8,10-11,16,18H,9H2,1-2H3;1H. The highest BCUT2D eigenvalue weighted by Crippen LogP contribution is 2.27. The third-order valence-corrected chi connectivity index (χ3v) is 2.98. The van der Waals surface area contributed by atoms with E-state index in [0.717, 1.165) is 11.3 Å². The van der Waals surface area contributed by atoms with Gasteiger partial charge in [0.05, 0.1) is 6.10 Å². The molecule has 0 aliphatic carbocycles. The molecule has 0 saturated heterocycles. The van der Waals surface area contributed by atoms with Gasteiger partial charge < -0.3 is 27.9 Å². The Morgan fingerprint density at radius 3 is 2.65 bits per heavy atom. The van der Waals surface area contributed by atoms with Gasteiger partial charge in [0.15, 0.2) is 12.4 Å². The second-order valence-corrected chi connectivity index (χ2v) is 4.68. The number of aliphatic hydroxyl groups excluding tert-OH is 1. The van der Waals surface area contributed by atoms with Crippen LogP contribution in [0.15, 0.2) is 42.7 Å². The van der Waals surface area contributed by atoms with E-state index in [1.54, 1.807) is 19.1 Å². The van der Waals surface area contributed by atoms with Crippen LogP contribution in [0.3, 0.4) is 0 Å². The molecule has 1 heterocycles. The van der Waals surface area contributed by atoms with Crippen molar-refractivity contribution in [3.05, 3.63) is 53.9 Å². The van der Waals surface area contributed by atoms with E-state index >= 15 is 0 Å². The molecule has 1 atom stereocenters. The highest BCUT2D eigenvalue weighted by atomic mass is 35.5. The summed E-state index contributed by atoms with van der Waals surface area (Å²) in [5, 5.41) is 22.5. The summed E-state index contributed by atoms with van der Waals surface area (Å²) in [4.78, 5) is 0. The van der Waals surface area contributed by atoms with Gasteiger partial charge in [-0.2, -0.15) is 0 Å². The fourth-order valence-corrected chi connectivity index (χ4v) is 1.97. The Morgan fingerprint density at radius 2 is 2.05 bits per heavy atom. The van der Waals surface area contributed by atoms with E-state index < -0.39 is 6.10 Å². The monoisotopic (exact) mass is 294 g/mol. The molecule has 1 aromatic carbocycles. The van der Waals surface area contributed by atoms with Gasteiger partial charge in [-0.3, -0.25) is 0 Å². The minimum Gasteiger partial charge on any atom is -1.00 e. The zero-order valence-electron chi connectivity index (χ0n) is 11.5. The summed E-state index contributed by atoms with van der Waals surface area (Å²) in [6.07, 6.45) is 3.35. The molecule has 0 aliphatic heterocycles. The maximum absolute atomic E-state index is 9.80. The van der Waals surface area contributed by atoms with Gasteiger partial charge in [0, 0.05) is 35.5 Å². The van der Waals surface area contributed by atoms with Crippen LogP contribution < -0.4 is 22.3 Å². The van der Waals surface area contributed by atoms with E-state index in [9.17, 15) is 10.2 Å². The van der Waals surface area contributed by atoms with E-state index in [4.69, 9.17) is 0 Å². The first-order chi connectivity index (χ1) is 9.06. The molecule has 108 valence electrons. The number of aliphatic hydroxyl groups is 1. The van der Waals surface area contributed by atoms with Crippen molar-refractivity contribution in [2.75, 3.05) is 5.32 Å². The minimum absolute atomic E-state index is 0. The van der Waals surface area contributed by atoms with Crippen LogP contribution in [0.25, 0.3) is 0 Å². The molecule has 0 radical (unpaired) electrons. The molecule has 2 rings (SSSR count). The number of rotatable bonds is 4. The third kappa shape index (κ3) is 4.11. The van der Waals surface area contributed by atoms with Gasteiger partial charge in [0.25, 0.3) is 0 Å². The van der Waals surface area contributed by atoms with Crippen molar-refractivity contribution in [1.29, 1.82) is 0 Å². The molecule has 20 heavy (non-hydrogen) atoms. The topological polar surface area (TPSA) is 56.4 Å². The number of phenolic OH excluding ortho intramolecular Hbond substituents is 1. The largest absolute Gasteiger partial charge is 1.00 e. The number of hydrogen-bond donors (Lipinski definition) is 3. The molecule has 0 saturated carbocycles. The average molecular weight is 295 g/mol. The third-order valence-electron chi connectivity index (χ3n) is 2.98. The predicted molar refractivity (Wildman–Crippen MR) is 73.7 cm³/mol. The van der Waals surface area contributed by atoms with E-state index in [0.29, 0.717) is 12.1 Å². The summed E-state index contributed by atoms with van der Waals surface area (Å²) in [6.45, 7) is 2.31. The number of phenols is 1. The van der Waals surface area contributed by atoms with Gasteiger partial charge in [0.2, 0.25) is 0 Å². The van der Waals surface area contributed by atoms with Crippen LogP contribution in [0.5, 0.6) is 5.75 Å².